The minimum atomic E-state index is -4.36. The third-order valence-corrected chi connectivity index (χ3v) is 1.13. The molecule has 0 unspecified atom stereocenters. The molecule has 0 aliphatic carbocycles. The zero-order valence-corrected chi connectivity index (χ0v) is 5.44. The minimum absolute atomic E-state index is 0.0178. The normalized spacial score (nSPS) is 12.0. The van der Waals surface area contributed by atoms with Crippen LogP contribution < -0.4 is 5.73 Å². The molecule has 1 rings (SSSR count). The number of imidazole rings is 1. The topological polar surface area (TPSA) is 54.7 Å². The summed E-state index contributed by atoms with van der Waals surface area (Å²) < 4.78 is 35.5. The average molecular weight is 165 g/mol. The van der Waals surface area contributed by atoms with E-state index < -0.39 is 11.9 Å². The van der Waals surface area contributed by atoms with Crippen molar-refractivity contribution in [3.05, 3.63) is 17.7 Å². The van der Waals surface area contributed by atoms with Gasteiger partial charge in [0.25, 0.3) is 0 Å². The Hall–Kier alpha value is -1.04. The Kier molecular flexibility index (Phi) is 1.86. The van der Waals surface area contributed by atoms with Crippen LogP contribution in [0.3, 0.4) is 0 Å². The molecule has 0 radical (unpaired) electrons. The summed E-state index contributed by atoms with van der Waals surface area (Å²) in [6.07, 6.45) is -3.64. The largest absolute Gasteiger partial charge is 0.432 e. The third kappa shape index (κ3) is 1.70. The van der Waals surface area contributed by atoms with Crippen molar-refractivity contribution in [3.8, 4) is 0 Å². The van der Waals surface area contributed by atoms with Gasteiger partial charge in [0.15, 0.2) is 0 Å². The SMILES string of the molecule is NCc1ncc(C(F)(F)F)[nH]1. The van der Waals surface area contributed by atoms with E-state index in [9.17, 15) is 13.2 Å². The first kappa shape index (κ1) is 8.06. The zero-order chi connectivity index (χ0) is 8.48. The van der Waals surface area contributed by atoms with E-state index in [1.807, 2.05) is 4.98 Å². The fourth-order valence-electron chi connectivity index (χ4n) is 0.610. The molecule has 0 saturated carbocycles. The quantitative estimate of drug-likeness (QED) is 0.649. The van der Waals surface area contributed by atoms with Gasteiger partial charge in [-0.2, -0.15) is 13.2 Å². The molecule has 0 saturated heterocycles. The summed E-state index contributed by atoms with van der Waals surface area (Å²) in [5.41, 5.74) is 4.18. The van der Waals surface area contributed by atoms with Crippen LogP contribution in [0.5, 0.6) is 0 Å². The van der Waals surface area contributed by atoms with Gasteiger partial charge in [0.2, 0.25) is 0 Å². The van der Waals surface area contributed by atoms with E-state index in [2.05, 4.69) is 4.98 Å². The Morgan fingerprint density at radius 1 is 1.55 bits per heavy atom. The lowest BCUT2D eigenvalue weighted by atomic mass is 10.5. The molecule has 3 nitrogen and oxygen atoms in total. The first-order chi connectivity index (χ1) is 5.04. The maximum absolute atomic E-state index is 11.8. The molecule has 1 heterocycles. The lowest BCUT2D eigenvalue weighted by Crippen LogP contribution is -2.06. The molecule has 0 spiro atoms. The van der Waals surface area contributed by atoms with Crippen molar-refractivity contribution < 1.29 is 13.2 Å². The summed E-state index contributed by atoms with van der Waals surface area (Å²) in [6.45, 7) is -0.0178. The van der Waals surface area contributed by atoms with Crippen LogP contribution in [0.4, 0.5) is 13.2 Å². The smallest absolute Gasteiger partial charge is 0.337 e. The second-order valence-electron chi connectivity index (χ2n) is 1.95. The summed E-state index contributed by atoms with van der Waals surface area (Å²) >= 11 is 0. The molecule has 6 heteroatoms. The highest BCUT2D eigenvalue weighted by atomic mass is 19.4. The average Bonchev–Trinajstić information content (AvgIpc) is 2.32. The van der Waals surface area contributed by atoms with Crippen LogP contribution in [0.25, 0.3) is 0 Å². The van der Waals surface area contributed by atoms with Crippen LogP contribution in [0.2, 0.25) is 0 Å². The van der Waals surface area contributed by atoms with Gasteiger partial charge in [0.1, 0.15) is 11.5 Å². The standard InChI is InChI=1S/C5H6F3N3/c6-5(7,8)3-2-10-4(1-9)11-3/h2H,1,9H2,(H,10,11). The van der Waals surface area contributed by atoms with Crippen LogP contribution in [0, 0.1) is 0 Å². The monoisotopic (exact) mass is 165 g/mol. The molecule has 0 fully saturated rings. The molecule has 62 valence electrons. The fourth-order valence-corrected chi connectivity index (χ4v) is 0.610. The van der Waals surface area contributed by atoms with Crippen LogP contribution >= 0.6 is 0 Å². The molecule has 0 atom stereocenters. The minimum Gasteiger partial charge on any atom is -0.337 e. The molecule has 11 heavy (non-hydrogen) atoms. The highest BCUT2D eigenvalue weighted by molar-refractivity contribution is 5.04. The number of nitrogens with one attached hydrogen (secondary N) is 1. The summed E-state index contributed by atoms with van der Waals surface area (Å²) in [7, 11) is 0. The number of aromatic amines is 1. The second-order valence-corrected chi connectivity index (χ2v) is 1.95. The van der Waals surface area contributed by atoms with Gasteiger partial charge in [-0.15, -0.1) is 0 Å². The van der Waals surface area contributed by atoms with Crippen molar-refractivity contribution in [1.82, 2.24) is 9.97 Å². The number of hydrogen-bond acceptors (Lipinski definition) is 2. The predicted octanol–water partition coefficient (Wildman–Crippen LogP) is 0.887. The van der Waals surface area contributed by atoms with Crippen molar-refractivity contribution >= 4 is 0 Å². The van der Waals surface area contributed by atoms with E-state index in [1.54, 1.807) is 0 Å². The zero-order valence-electron chi connectivity index (χ0n) is 5.44. The number of rotatable bonds is 1. The van der Waals surface area contributed by atoms with Crippen molar-refractivity contribution in [2.24, 2.45) is 5.73 Å². The molecule has 3 N–H and O–H groups in total. The third-order valence-electron chi connectivity index (χ3n) is 1.13. The summed E-state index contributed by atoms with van der Waals surface area (Å²) in [6, 6.07) is 0. The number of nitrogens with zero attached hydrogens (tertiary/aromatic N) is 1. The van der Waals surface area contributed by atoms with Crippen LogP contribution in [0.15, 0.2) is 6.20 Å². The number of aromatic nitrogens is 2. The number of hydrogen-bond donors (Lipinski definition) is 2. The Labute approximate surface area is 60.4 Å². The summed E-state index contributed by atoms with van der Waals surface area (Å²) in [5.74, 6) is 0.136. The molecular weight excluding hydrogens is 159 g/mol. The van der Waals surface area contributed by atoms with Crippen LogP contribution in [-0.4, -0.2) is 9.97 Å². The fraction of sp³-hybridized carbons (Fsp3) is 0.400. The van der Waals surface area contributed by atoms with Gasteiger partial charge in [-0.25, -0.2) is 4.98 Å². The van der Waals surface area contributed by atoms with Crippen molar-refractivity contribution in [2.75, 3.05) is 0 Å². The Morgan fingerprint density at radius 2 is 2.18 bits per heavy atom. The van der Waals surface area contributed by atoms with Crippen LogP contribution in [0.1, 0.15) is 11.5 Å². The maximum Gasteiger partial charge on any atom is 0.432 e. The number of halogens is 3. The van der Waals surface area contributed by atoms with E-state index in [4.69, 9.17) is 5.73 Å². The van der Waals surface area contributed by atoms with Gasteiger partial charge in [-0.1, -0.05) is 0 Å². The number of H-pyrrole nitrogens is 1. The van der Waals surface area contributed by atoms with E-state index in [0.717, 1.165) is 6.20 Å². The molecule has 0 aromatic carbocycles. The van der Waals surface area contributed by atoms with Gasteiger partial charge in [0.05, 0.1) is 12.7 Å². The van der Waals surface area contributed by atoms with E-state index >= 15 is 0 Å². The molecule has 1 aromatic heterocycles. The van der Waals surface area contributed by atoms with Crippen molar-refractivity contribution in [3.63, 3.8) is 0 Å². The van der Waals surface area contributed by atoms with Crippen LogP contribution in [-0.2, 0) is 12.7 Å². The Morgan fingerprint density at radius 3 is 2.45 bits per heavy atom. The molecule has 0 bridgehead atoms. The van der Waals surface area contributed by atoms with Crippen molar-refractivity contribution in [1.29, 1.82) is 0 Å². The number of nitrogens with two attached hydrogens (primary N) is 1. The number of alkyl halides is 3. The maximum atomic E-state index is 11.8. The lowest BCUT2D eigenvalue weighted by Gasteiger charge is -2.00. The highest BCUT2D eigenvalue weighted by Crippen LogP contribution is 2.26. The molecule has 0 aliphatic heterocycles. The Balaban J connectivity index is 2.89. The summed E-state index contributed by atoms with van der Waals surface area (Å²) in [5, 5.41) is 0. The van der Waals surface area contributed by atoms with Gasteiger partial charge in [-0.3, -0.25) is 0 Å². The van der Waals surface area contributed by atoms with Gasteiger partial charge >= 0.3 is 6.18 Å². The molecule has 0 amide bonds. The predicted molar refractivity (Wildman–Crippen MR) is 31.5 cm³/mol. The molecule has 1 aromatic rings. The van der Waals surface area contributed by atoms with Gasteiger partial charge < -0.3 is 10.7 Å². The van der Waals surface area contributed by atoms with Gasteiger partial charge in [-0.05, 0) is 0 Å². The lowest BCUT2D eigenvalue weighted by molar-refractivity contribution is -0.140. The first-order valence-corrected chi connectivity index (χ1v) is 2.85. The Bertz CT molecular complexity index is 239. The highest BCUT2D eigenvalue weighted by Gasteiger charge is 2.32. The van der Waals surface area contributed by atoms with Gasteiger partial charge in [0, 0.05) is 0 Å². The van der Waals surface area contributed by atoms with Crippen molar-refractivity contribution in [2.45, 2.75) is 12.7 Å². The van der Waals surface area contributed by atoms with E-state index in [-0.39, 0.29) is 12.4 Å². The molecule has 0 aliphatic rings. The van der Waals surface area contributed by atoms with E-state index in [0.29, 0.717) is 0 Å². The summed E-state index contributed by atoms with van der Waals surface area (Å²) in [4.78, 5) is 5.44. The second kappa shape index (κ2) is 2.54. The van der Waals surface area contributed by atoms with E-state index in [1.165, 1.54) is 0 Å². The molecular formula is C5H6F3N3. The first-order valence-electron chi connectivity index (χ1n) is 2.85.